The maximum atomic E-state index is 12.9. The third-order valence-corrected chi connectivity index (χ3v) is 5.71. The summed E-state index contributed by atoms with van der Waals surface area (Å²) in [5.74, 6) is 0.558. The molecule has 0 radical (unpaired) electrons. The van der Waals surface area contributed by atoms with Gasteiger partial charge in [0, 0.05) is 18.7 Å². The summed E-state index contributed by atoms with van der Waals surface area (Å²) in [5.41, 5.74) is 10.2. The second-order valence-electron chi connectivity index (χ2n) is 8.15. The summed E-state index contributed by atoms with van der Waals surface area (Å²) in [6.07, 6.45) is 3.87. The number of likely N-dealkylation sites (tertiary alicyclic amines) is 1. The quantitative estimate of drug-likeness (QED) is 0.422. The summed E-state index contributed by atoms with van der Waals surface area (Å²) in [6.45, 7) is 6.57. The van der Waals surface area contributed by atoms with Gasteiger partial charge < -0.3 is 5.73 Å². The Morgan fingerprint density at radius 2 is 2.06 bits per heavy atom. The summed E-state index contributed by atoms with van der Waals surface area (Å²) in [5, 5.41) is 19.7. The van der Waals surface area contributed by atoms with Gasteiger partial charge in [-0.15, -0.1) is 5.10 Å². The van der Waals surface area contributed by atoms with Crippen LogP contribution in [0.5, 0.6) is 0 Å². The van der Waals surface area contributed by atoms with E-state index in [0.717, 1.165) is 31.5 Å². The number of hydrogen-bond acceptors (Lipinski definition) is 9. The van der Waals surface area contributed by atoms with E-state index in [1.54, 1.807) is 6.21 Å². The van der Waals surface area contributed by atoms with E-state index in [1.807, 2.05) is 37.3 Å². The van der Waals surface area contributed by atoms with Crippen LogP contribution in [0.2, 0.25) is 0 Å². The Kier molecular flexibility index (Phi) is 6.55. The molecule has 32 heavy (non-hydrogen) atoms. The number of nitrogen functional groups attached to an aromatic ring is 1. The zero-order chi connectivity index (χ0) is 22.5. The van der Waals surface area contributed by atoms with Crippen molar-refractivity contribution in [2.24, 2.45) is 11.0 Å². The Morgan fingerprint density at radius 1 is 1.31 bits per heavy atom. The molecule has 0 bridgehead atoms. The Bertz CT molecular complexity index is 1070. The fraction of sp³-hybridized carbons (Fsp3) is 0.429. The molecule has 11 heteroatoms. The molecule has 1 aromatic carbocycles. The zero-order valence-corrected chi connectivity index (χ0v) is 18.2. The minimum absolute atomic E-state index is 0.0444. The van der Waals surface area contributed by atoms with Gasteiger partial charge in [0.05, 0.1) is 5.69 Å². The molecule has 0 unspecified atom stereocenters. The third-order valence-electron chi connectivity index (χ3n) is 5.71. The number of benzene rings is 1. The molecule has 11 nitrogen and oxygen atoms in total. The fourth-order valence-corrected chi connectivity index (χ4v) is 3.66. The second kappa shape index (κ2) is 9.69. The molecule has 1 aliphatic heterocycles. The summed E-state index contributed by atoms with van der Waals surface area (Å²) < 4.78 is 6.12. The fourth-order valence-electron chi connectivity index (χ4n) is 3.66. The van der Waals surface area contributed by atoms with Crippen LogP contribution in [-0.2, 0) is 6.54 Å². The van der Waals surface area contributed by atoms with Crippen LogP contribution in [0.25, 0.3) is 5.82 Å². The molecule has 2 aromatic heterocycles. The van der Waals surface area contributed by atoms with Crippen molar-refractivity contribution in [1.29, 1.82) is 0 Å². The molecule has 1 saturated heterocycles. The first-order valence-corrected chi connectivity index (χ1v) is 10.7. The molecule has 4 rings (SSSR count). The van der Waals surface area contributed by atoms with Crippen LogP contribution in [0, 0.1) is 5.92 Å². The van der Waals surface area contributed by atoms with Crippen LogP contribution in [-0.4, -0.2) is 55.4 Å². The van der Waals surface area contributed by atoms with Crippen molar-refractivity contribution in [1.82, 2.24) is 35.6 Å². The number of hydrogen-bond donors (Lipinski definition) is 2. The van der Waals surface area contributed by atoms with E-state index < -0.39 is 5.91 Å². The van der Waals surface area contributed by atoms with Crippen LogP contribution >= 0.6 is 0 Å². The number of carbonyl (C=O) groups is 1. The van der Waals surface area contributed by atoms with Crippen LogP contribution in [0.15, 0.2) is 40.1 Å². The molecule has 1 amide bonds. The van der Waals surface area contributed by atoms with Crippen LogP contribution in [0.1, 0.15) is 54.4 Å². The van der Waals surface area contributed by atoms with E-state index in [-0.39, 0.29) is 23.2 Å². The van der Waals surface area contributed by atoms with Crippen molar-refractivity contribution >= 4 is 17.9 Å². The number of rotatable bonds is 7. The van der Waals surface area contributed by atoms with E-state index in [0.29, 0.717) is 18.2 Å². The van der Waals surface area contributed by atoms with Gasteiger partial charge in [0.2, 0.25) is 11.6 Å². The Morgan fingerprint density at radius 3 is 2.75 bits per heavy atom. The summed E-state index contributed by atoms with van der Waals surface area (Å²) >= 11 is 0. The lowest BCUT2D eigenvalue weighted by Gasteiger charge is -2.30. The normalized spacial score (nSPS) is 16.4. The number of nitrogens with zero attached hydrogens (tertiary/aromatic N) is 7. The van der Waals surface area contributed by atoms with Gasteiger partial charge in [-0.2, -0.15) is 9.78 Å². The highest BCUT2D eigenvalue weighted by atomic mass is 16.6. The van der Waals surface area contributed by atoms with E-state index in [4.69, 9.17) is 10.4 Å². The Balaban J connectivity index is 1.53. The van der Waals surface area contributed by atoms with Crippen LogP contribution in [0.4, 0.5) is 5.82 Å². The van der Waals surface area contributed by atoms with E-state index in [1.165, 1.54) is 4.68 Å². The predicted molar refractivity (Wildman–Crippen MR) is 118 cm³/mol. The molecular formula is C21H27N9O2. The molecule has 0 saturated carbocycles. The number of nitrogens with two attached hydrogens (primary N) is 1. The van der Waals surface area contributed by atoms with Gasteiger partial charge in [-0.05, 0) is 47.7 Å². The first-order chi connectivity index (χ1) is 15.5. The first kappa shape index (κ1) is 21.6. The standard InChI is InChI=1S/C21H27N9O2/c1-14-8-10-29(11-9-14)13-17-18(24-28-30(17)20-19(22)26-32-27-20)21(31)25-23-12-15(2)16-6-4-3-5-7-16/h3-7,12,14-15H,8-11,13H2,1-2H3,(H2,22,26)(H,25,31)/b23-12-/t15-/m1/s1. The lowest BCUT2D eigenvalue weighted by atomic mass is 9.99. The number of hydrazone groups is 1. The molecule has 3 heterocycles. The molecule has 3 aromatic rings. The van der Waals surface area contributed by atoms with Crippen LogP contribution < -0.4 is 11.2 Å². The van der Waals surface area contributed by atoms with Gasteiger partial charge in [0.15, 0.2) is 5.69 Å². The Labute approximate surface area is 185 Å². The van der Waals surface area contributed by atoms with E-state index in [9.17, 15) is 4.79 Å². The molecule has 168 valence electrons. The van der Waals surface area contributed by atoms with Gasteiger partial charge in [-0.1, -0.05) is 49.4 Å². The Hall–Kier alpha value is -3.60. The summed E-state index contributed by atoms with van der Waals surface area (Å²) in [4.78, 5) is 15.2. The van der Waals surface area contributed by atoms with Gasteiger partial charge in [0.1, 0.15) is 0 Å². The van der Waals surface area contributed by atoms with Gasteiger partial charge in [0.25, 0.3) is 5.91 Å². The average molecular weight is 438 g/mol. The average Bonchev–Trinajstić information content (AvgIpc) is 3.41. The largest absolute Gasteiger partial charge is 0.378 e. The molecule has 1 aliphatic rings. The van der Waals surface area contributed by atoms with Crippen molar-refractivity contribution in [3.05, 3.63) is 47.3 Å². The summed E-state index contributed by atoms with van der Waals surface area (Å²) in [7, 11) is 0. The third kappa shape index (κ3) is 4.83. The number of piperidine rings is 1. The number of anilines is 1. The van der Waals surface area contributed by atoms with Gasteiger partial charge in [-0.25, -0.2) is 10.1 Å². The molecule has 0 aliphatic carbocycles. The van der Waals surface area contributed by atoms with Gasteiger partial charge in [-0.3, -0.25) is 9.69 Å². The minimum atomic E-state index is -0.455. The highest BCUT2D eigenvalue weighted by Gasteiger charge is 2.26. The highest BCUT2D eigenvalue weighted by molar-refractivity contribution is 5.93. The van der Waals surface area contributed by atoms with Crippen LogP contribution in [0.3, 0.4) is 0 Å². The SMILES string of the molecule is CC1CCN(Cc2c(C(=O)N/N=C\[C@@H](C)c3ccccc3)nnn2-c2nonc2N)CC1. The number of carbonyl (C=O) groups excluding carboxylic acids is 1. The van der Waals surface area contributed by atoms with Crippen molar-refractivity contribution in [3.63, 3.8) is 0 Å². The smallest absolute Gasteiger partial charge is 0.293 e. The van der Waals surface area contributed by atoms with Gasteiger partial charge >= 0.3 is 0 Å². The second-order valence-corrected chi connectivity index (χ2v) is 8.15. The molecule has 3 N–H and O–H groups in total. The lowest BCUT2D eigenvalue weighted by Crippen LogP contribution is -2.34. The van der Waals surface area contributed by atoms with E-state index >= 15 is 0 Å². The maximum Gasteiger partial charge on any atom is 0.293 e. The predicted octanol–water partition coefficient (Wildman–Crippen LogP) is 1.98. The maximum absolute atomic E-state index is 12.9. The molecular weight excluding hydrogens is 410 g/mol. The number of amides is 1. The minimum Gasteiger partial charge on any atom is -0.378 e. The van der Waals surface area contributed by atoms with Crippen molar-refractivity contribution in [3.8, 4) is 5.82 Å². The van der Waals surface area contributed by atoms with Crippen molar-refractivity contribution in [2.45, 2.75) is 39.2 Å². The highest BCUT2D eigenvalue weighted by Crippen LogP contribution is 2.21. The number of nitrogens with one attached hydrogen (secondary N) is 1. The molecule has 1 fully saturated rings. The molecule has 1 atom stereocenters. The summed E-state index contributed by atoms with van der Waals surface area (Å²) in [6, 6.07) is 9.92. The number of aromatic nitrogens is 5. The first-order valence-electron chi connectivity index (χ1n) is 10.7. The zero-order valence-electron chi connectivity index (χ0n) is 18.2. The molecule has 0 spiro atoms. The van der Waals surface area contributed by atoms with Crippen molar-refractivity contribution in [2.75, 3.05) is 18.8 Å². The lowest BCUT2D eigenvalue weighted by molar-refractivity contribution is 0.0946. The van der Waals surface area contributed by atoms with Crippen molar-refractivity contribution < 1.29 is 9.42 Å². The van der Waals surface area contributed by atoms with E-state index in [2.05, 4.69) is 43.0 Å². The monoisotopic (exact) mass is 437 g/mol. The topological polar surface area (TPSA) is 140 Å².